The first kappa shape index (κ1) is 20.3. The molecular formula is C18H26IN3O2. The normalized spacial score (nSPS) is 10.8. The van der Waals surface area contributed by atoms with Crippen molar-refractivity contribution in [2.75, 3.05) is 20.2 Å². The molecule has 1 aromatic heterocycles. The van der Waals surface area contributed by atoms with Crippen molar-refractivity contribution in [1.82, 2.24) is 10.6 Å². The van der Waals surface area contributed by atoms with Crippen LogP contribution in [-0.4, -0.2) is 26.2 Å². The van der Waals surface area contributed by atoms with Crippen molar-refractivity contribution in [3.05, 3.63) is 54.0 Å². The third-order valence-corrected chi connectivity index (χ3v) is 3.30. The molecule has 6 heteroatoms. The van der Waals surface area contributed by atoms with Crippen LogP contribution >= 0.6 is 24.0 Å². The van der Waals surface area contributed by atoms with Crippen LogP contribution in [0.3, 0.4) is 0 Å². The number of benzene rings is 1. The molecule has 0 amide bonds. The molecule has 0 saturated carbocycles. The van der Waals surface area contributed by atoms with Gasteiger partial charge in [0, 0.05) is 26.6 Å². The second-order valence-corrected chi connectivity index (χ2v) is 5.18. The minimum atomic E-state index is 0. The van der Waals surface area contributed by atoms with Gasteiger partial charge in [0.25, 0.3) is 0 Å². The van der Waals surface area contributed by atoms with Crippen LogP contribution in [0.15, 0.2) is 52.1 Å². The van der Waals surface area contributed by atoms with Crippen molar-refractivity contribution in [2.45, 2.75) is 26.3 Å². The van der Waals surface area contributed by atoms with Gasteiger partial charge in [0.15, 0.2) is 5.96 Å². The van der Waals surface area contributed by atoms with Crippen molar-refractivity contribution in [3.8, 4) is 5.75 Å². The van der Waals surface area contributed by atoms with Gasteiger partial charge < -0.3 is 19.8 Å². The third kappa shape index (κ3) is 7.25. The molecule has 0 fully saturated rings. The van der Waals surface area contributed by atoms with Crippen molar-refractivity contribution < 1.29 is 9.15 Å². The summed E-state index contributed by atoms with van der Waals surface area (Å²) < 4.78 is 11.0. The van der Waals surface area contributed by atoms with E-state index in [1.54, 1.807) is 13.3 Å². The average Bonchev–Trinajstić information content (AvgIpc) is 3.10. The second-order valence-electron chi connectivity index (χ2n) is 5.18. The zero-order valence-electron chi connectivity index (χ0n) is 14.2. The molecule has 0 aliphatic carbocycles. The first-order chi connectivity index (χ1) is 11.3. The zero-order chi connectivity index (χ0) is 16.3. The van der Waals surface area contributed by atoms with E-state index in [9.17, 15) is 0 Å². The molecule has 0 atom stereocenters. The van der Waals surface area contributed by atoms with Crippen LogP contribution in [0.25, 0.3) is 0 Å². The van der Waals surface area contributed by atoms with E-state index in [4.69, 9.17) is 9.15 Å². The van der Waals surface area contributed by atoms with Crippen LogP contribution in [0.2, 0.25) is 0 Å². The van der Waals surface area contributed by atoms with Crippen LogP contribution in [0.4, 0.5) is 0 Å². The summed E-state index contributed by atoms with van der Waals surface area (Å²) in [5.74, 6) is 2.65. The van der Waals surface area contributed by atoms with Gasteiger partial charge in [-0.3, -0.25) is 4.99 Å². The van der Waals surface area contributed by atoms with Crippen LogP contribution in [0.1, 0.15) is 24.7 Å². The van der Waals surface area contributed by atoms with Crippen LogP contribution < -0.4 is 15.4 Å². The zero-order valence-corrected chi connectivity index (χ0v) is 16.6. The lowest BCUT2D eigenvalue weighted by atomic mass is 10.2. The van der Waals surface area contributed by atoms with E-state index < -0.39 is 0 Å². The Hall–Kier alpha value is -1.70. The topological polar surface area (TPSA) is 58.8 Å². The smallest absolute Gasteiger partial charge is 0.191 e. The van der Waals surface area contributed by atoms with Crippen molar-refractivity contribution >= 4 is 29.9 Å². The molecule has 2 rings (SSSR count). The number of hydrogen-bond acceptors (Lipinski definition) is 3. The average molecular weight is 443 g/mol. The molecule has 1 aromatic carbocycles. The van der Waals surface area contributed by atoms with Crippen LogP contribution in [0.5, 0.6) is 5.75 Å². The number of furan rings is 1. The maximum absolute atomic E-state index is 5.65. The number of ether oxygens (including phenoxy) is 1. The summed E-state index contributed by atoms with van der Waals surface area (Å²) >= 11 is 0. The van der Waals surface area contributed by atoms with E-state index >= 15 is 0 Å². The Balaban J connectivity index is 0.00000288. The Bertz CT molecular complexity index is 600. The number of nitrogens with one attached hydrogen (secondary N) is 2. The maximum atomic E-state index is 5.65. The van der Waals surface area contributed by atoms with Gasteiger partial charge in [-0.25, -0.2) is 0 Å². The summed E-state index contributed by atoms with van der Waals surface area (Å²) in [7, 11) is 1.77. The maximum Gasteiger partial charge on any atom is 0.191 e. The predicted octanol–water partition coefficient (Wildman–Crippen LogP) is 3.59. The molecule has 0 bridgehead atoms. The van der Waals surface area contributed by atoms with E-state index in [2.05, 4.69) is 34.7 Å². The molecule has 0 unspecified atom stereocenters. The van der Waals surface area contributed by atoms with Gasteiger partial charge in [0.05, 0.1) is 12.9 Å². The highest BCUT2D eigenvalue weighted by atomic mass is 127. The molecule has 1 heterocycles. The Morgan fingerprint density at radius 3 is 2.79 bits per heavy atom. The van der Waals surface area contributed by atoms with Gasteiger partial charge in [-0.15, -0.1) is 24.0 Å². The highest BCUT2D eigenvalue weighted by Gasteiger charge is 2.01. The Labute approximate surface area is 160 Å². The van der Waals surface area contributed by atoms with Gasteiger partial charge in [-0.1, -0.05) is 19.1 Å². The molecule has 0 radical (unpaired) electrons. The van der Waals surface area contributed by atoms with Gasteiger partial charge in [0.1, 0.15) is 11.5 Å². The highest BCUT2D eigenvalue weighted by molar-refractivity contribution is 14.0. The molecule has 0 spiro atoms. The molecular weight excluding hydrogens is 417 g/mol. The molecule has 132 valence electrons. The second kappa shape index (κ2) is 11.8. The minimum Gasteiger partial charge on any atom is -0.494 e. The molecule has 0 aliphatic heterocycles. The first-order valence-electron chi connectivity index (χ1n) is 8.00. The van der Waals surface area contributed by atoms with E-state index in [0.717, 1.165) is 49.0 Å². The summed E-state index contributed by atoms with van der Waals surface area (Å²) in [6.45, 7) is 4.31. The Morgan fingerprint density at radius 2 is 2.08 bits per heavy atom. The summed E-state index contributed by atoms with van der Waals surface area (Å²) in [5, 5.41) is 6.58. The highest BCUT2D eigenvalue weighted by Crippen LogP contribution is 2.13. The summed E-state index contributed by atoms with van der Waals surface area (Å²) in [5.41, 5.74) is 1.16. The van der Waals surface area contributed by atoms with E-state index in [1.807, 2.05) is 24.3 Å². The lowest BCUT2D eigenvalue weighted by Crippen LogP contribution is -2.37. The van der Waals surface area contributed by atoms with Crippen molar-refractivity contribution in [2.24, 2.45) is 4.99 Å². The summed E-state index contributed by atoms with van der Waals surface area (Å²) in [6.07, 6.45) is 3.53. The number of rotatable bonds is 8. The quantitative estimate of drug-likeness (QED) is 0.372. The lowest BCUT2D eigenvalue weighted by Gasteiger charge is -2.12. The Morgan fingerprint density at radius 1 is 1.21 bits per heavy atom. The molecule has 2 N–H and O–H groups in total. The van der Waals surface area contributed by atoms with E-state index in [1.165, 1.54) is 0 Å². The van der Waals surface area contributed by atoms with Gasteiger partial charge in [-0.05, 0) is 36.2 Å². The number of guanidine groups is 1. The van der Waals surface area contributed by atoms with E-state index in [0.29, 0.717) is 6.54 Å². The first-order valence-corrected chi connectivity index (χ1v) is 8.00. The standard InChI is InChI=1S/C18H25N3O2.HI/c1-3-11-22-17-7-4-6-15(13-17)14-21-18(19-2)20-10-9-16-8-5-12-23-16;/h4-8,12-13H,3,9-11,14H2,1-2H3,(H2,19,20,21);1H. The van der Waals surface area contributed by atoms with Gasteiger partial charge in [-0.2, -0.15) is 0 Å². The number of hydrogen-bond donors (Lipinski definition) is 2. The van der Waals surface area contributed by atoms with Crippen molar-refractivity contribution in [1.29, 1.82) is 0 Å². The minimum absolute atomic E-state index is 0. The number of halogens is 1. The lowest BCUT2D eigenvalue weighted by molar-refractivity contribution is 0.317. The largest absolute Gasteiger partial charge is 0.494 e. The van der Waals surface area contributed by atoms with Crippen LogP contribution in [0, 0.1) is 0 Å². The molecule has 0 saturated heterocycles. The molecule has 0 aliphatic rings. The van der Waals surface area contributed by atoms with Gasteiger partial charge in [0.2, 0.25) is 0 Å². The van der Waals surface area contributed by atoms with Crippen LogP contribution in [-0.2, 0) is 13.0 Å². The summed E-state index contributed by atoms with van der Waals surface area (Å²) in [4.78, 5) is 4.23. The van der Waals surface area contributed by atoms with E-state index in [-0.39, 0.29) is 24.0 Å². The van der Waals surface area contributed by atoms with Gasteiger partial charge >= 0.3 is 0 Å². The predicted molar refractivity (Wildman–Crippen MR) is 108 cm³/mol. The fourth-order valence-corrected chi connectivity index (χ4v) is 2.13. The summed E-state index contributed by atoms with van der Waals surface area (Å²) in [6, 6.07) is 12.0. The fraction of sp³-hybridized carbons (Fsp3) is 0.389. The Kier molecular flexibility index (Phi) is 9.98. The fourth-order valence-electron chi connectivity index (χ4n) is 2.13. The molecule has 24 heavy (non-hydrogen) atoms. The monoisotopic (exact) mass is 443 g/mol. The number of aliphatic imine (C=N–C) groups is 1. The van der Waals surface area contributed by atoms with Crippen molar-refractivity contribution in [3.63, 3.8) is 0 Å². The number of nitrogens with zero attached hydrogens (tertiary/aromatic N) is 1. The SMILES string of the molecule is CCCOc1cccc(CNC(=NC)NCCc2ccco2)c1.I. The molecule has 5 nitrogen and oxygen atoms in total. The third-order valence-electron chi connectivity index (χ3n) is 3.30. The molecule has 2 aromatic rings.